The van der Waals surface area contributed by atoms with E-state index in [1.807, 2.05) is 0 Å². The van der Waals surface area contributed by atoms with Gasteiger partial charge < -0.3 is 10.1 Å². The van der Waals surface area contributed by atoms with Gasteiger partial charge in [-0.2, -0.15) is 0 Å². The van der Waals surface area contributed by atoms with Crippen LogP contribution in [0.4, 0.5) is 0 Å². The Kier molecular flexibility index (Phi) is 4.93. The molecule has 0 aliphatic heterocycles. The van der Waals surface area contributed by atoms with Gasteiger partial charge in [0.15, 0.2) is 0 Å². The van der Waals surface area contributed by atoms with Gasteiger partial charge in [-0.1, -0.05) is 11.5 Å². The Morgan fingerprint density at radius 2 is 2.47 bits per heavy atom. The van der Waals surface area contributed by atoms with E-state index in [0.717, 1.165) is 12.8 Å². The van der Waals surface area contributed by atoms with Crippen molar-refractivity contribution < 1.29 is 9.53 Å². The summed E-state index contributed by atoms with van der Waals surface area (Å²) in [5, 5.41) is 6.47. The molecule has 84 valence electrons. The highest BCUT2D eigenvalue weighted by Gasteiger charge is 2.32. The number of azide groups is 1. The maximum atomic E-state index is 11.4. The van der Waals surface area contributed by atoms with Crippen LogP contribution in [-0.4, -0.2) is 32.2 Å². The van der Waals surface area contributed by atoms with E-state index in [1.165, 1.54) is 13.5 Å². The van der Waals surface area contributed by atoms with E-state index < -0.39 is 0 Å². The first-order chi connectivity index (χ1) is 7.29. The van der Waals surface area contributed by atoms with Gasteiger partial charge in [-0.15, -0.1) is 0 Å². The largest absolute Gasteiger partial charge is 0.468 e. The Labute approximate surface area is 88.6 Å². The number of methoxy groups -OCH3 is 1. The third-order valence-corrected chi connectivity index (χ3v) is 2.72. The Morgan fingerprint density at radius 3 is 2.93 bits per heavy atom. The molecule has 0 aromatic carbocycles. The maximum absolute atomic E-state index is 11.4. The number of esters is 1. The molecule has 1 N–H and O–H groups in total. The Morgan fingerprint density at radius 1 is 1.73 bits per heavy atom. The fraction of sp³-hybridized carbons (Fsp3) is 0.889. The van der Waals surface area contributed by atoms with Gasteiger partial charge in [0.2, 0.25) is 0 Å². The van der Waals surface area contributed by atoms with Crippen molar-refractivity contribution in [2.24, 2.45) is 11.0 Å². The number of nitrogens with one attached hydrogen (secondary N) is 1. The number of nitrogens with zero attached hydrogens (tertiary/aromatic N) is 3. The van der Waals surface area contributed by atoms with Crippen LogP contribution in [0, 0.1) is 5.92 Å². The first-order valence-corrected chi connectivity index (χ1v) is 5.11. The monoisotopic (exact) mass is 212 g/mol. The molecule has 1 saturated carbocycles. The molecule has 1 unspecified atom stereocenters. The molecule has 0 heterocycles. The number of carbonyl (C=O) groups is 1. The minimum Gasteiger partial charge on any atom is -0.468 e. The van der Waals surface area contributed by atoms with Crippen LogP contribution in [0.25, 0.3) is 10.4 Å². The van der Waals surface area contributed by atoms with E-state index in [4.69, 9.17) is 10.3 Å². The molecule has 0 aromatic rings. The number of ether oxygens (including phenoxy) is 1. The Hall–Kier alpha value is -1.26. The lowest BCUT2D eigenvalue weighted by atomic mass is 9.79. The molecule has 15 heavy (non-hydrogen) atoms. The van der Waals surface area contributed by atoms with Crippen LogP contribution >= 0.6 is 0 Å². The quantitative estimate of drug-likeness (QED) is 0.236. The topological polar surface area (TPSA) is 87.1 Å². The average Bonchev–Trinajstić information content (AvgIpc) is 2.18. The fourth-order valence-corrected chi connectivity index (χ4v) is 1.66. The molecule has 1 aliphatic carbocycles. The first kappa shape index (κ1) is 11.8. The third kappa shape index (κ3) is 3.42. The summed E-state index contributed by atoms with van der Waals surface area (Å²) in [4.78, 5) is 14.1. The SMILES string of the molecule is COC(=O)C(NCCN=[N+]=[N-])C1CCC1. The molecule has 0 spiro atoms. The number of carbonyl (C=O) groups excluding carboxylic acids is 1. The zero-order valence-corrected chi connectivity index (χ0v) is 8.85. The van der Waals surface area contributed by atoms with E-state index in [2.05, 4.69) is 15.3 Å². The van der Waals surface area contributed by atoms with Crippen LogP contribution in [0.5, 0.6) is 0 Å². The molecule has 1 fully saturated rings. The second-order valence-electron chi connectivity index (χ2n) is 3.60. The van der Waals surface area contributed by atoms with Gasteiger partial charge in [0.25, 0.3) is 0 Å². The van der Waals surface area contributed by atoms with Crippen molar-refractivity contribution in [2.75, 3.05) is 20.2 Å². The van der Waals surface area contributed by atoms with Crippen LogP contribution in [0.2, 0.25) is 0 Å². The van der Waals surface area contributed by atoms with Crippen molar-refractivity contribution in [1.82, 2.24) is 5.32 Å². The molecule has 1 rings (SSSR count). The highest BCUT2D eigenvalue weighted by Crippen LogP contribution is 2.29. The summed E-state index contributed by atoms with van der Waals surface area (Å²) in [6.07, 6.45) is 3.30. The van der Waals surface area contributed by atoms with Gasteiger partial charge in [-0.05, 0) is 24.3 Å². The van der Waals surface area contributed by atoms with Gasteiger partial charge in [-0.3, -0.25) is 4.79 Å². The summed E-state index contributed by atoms with van der Waals surface area (Å²) in [6.45, 7) is 0.872. The van der Waals surface area contributed by atoms with E-state index in [0.29, 0.717) is 19.0 Å². The molecule has 0 amide bonds. The lowest BCUT2D eigenvalue weighted by Crippen LogP contribution is -2.46. The predicted molar refractivity (Wildman–Crippen MR) is 55.2 cm³/mol. The first-order valence-electron chi connectivity index (χ1n) is 5.11. The van der Waals surface area contributed by atoms with E-state index in [9.17, 15) is 4.79 Å². The van der Waals surface area contributed by atoms with Crippen LogP contribution in [-0.2, 0) is 9.53 Å². The highest BCUT2D eigenvalue weighted by molar-refractivity contribution is 5.76. The van der Waals surface area contributed by atoms with E-state index >= 15 is 0 Å². The molecular weight excluding hydrogens is 196 g/mol. The standard InChI is InChI=1S/C9H16N4O2/c1-15-9(14)8(7-3-2-4-7)11-5-6-12-13-10/h7-8,11H,2-6H2,1H3. The second kappa shape index (κ2) is 6.27. The number of hydrogen-bond donors (Lipinski definition) is 1. The molecular formula is C9H16N4O2. The average molecular weight is 212 g/mol. The molecule has 1 atom stereocenters. The zero-order chi connectivity index (χ0) is 11.1. The van der Waals surface area contributed by atoms with Crippen LogP contribution in [0.15, 0.2) is 5.11 Å². The lowest BCUT2D eigenvalue weighted by Gasteiger charge is -2.32. The van der Waals surface area contributed by atoms with E-state index in [-0.39, 0.29) is 12.0 Å². The summed E-state index contributed by atoms with van der Waals surface area (Å²) < 4.78 is 4.72. The van der Waals surface area contributed by atoms with Gasteiger partial charge in [-0.25, -0.2) is 0 Å². The van der Waals surface area contributed by atoms with Crippen molar-refractivity contribution in [3.8, 4) is 0 Å². The predicted octanol–water partition coefficient (Wildman–Crippen LogP) is 1.23. The molecule has 0 radical (unpaired) electrons. The molecule has 6 heteroatoms. The minimum atomic E-state index is -0.238. The summed E-state index contributed by atoms with van der Waals surface area (Å²) in [7, 11) is 1.39. The third-order valence-electron chi connectivity index (χ3n) is 2.72. The summed E-state index contributed by atoms with van der Waals surface area (Å²) in [6, 6.07) is -0.238. The highest BCUT2D eigenvalue weighted by atomic mass is 16.5. The van der Waals surface area contributed by atoms with Gasteiger partial charge in [0, 0.05) is 18.0 Å². The van der Waals surface area contributed by atoms with Crippen molar-refractivity contribution in [3.63, 3.8) is 0 Å². The fourth-order valence-electron chi connectivity index (χ4n) is 1.66. The number of hydrogen-bond acceptors (Lipinski definition) is 4. The zero-order valence-electron chi connectivity index (χ0n) is 8.85. The normalized spacial score (nSPS) is 17.4. The van der Waals surface area contributed by atoms with Crippen LogP contribution in [0.3, 0.4) is 0 Å². The van der Waals surface area contributed by atoms with Crippen molar-refractivity contribution >= 4 is 5.97 Å². The van der Waals surface area contributed by atoms with Crippen molar-refractivity contribution in [3.05, 3.63) is 10.4 Å². The second-order valence-corrected chi connectivity index (χ2v) is 3.60. The molecule has 1 aliphatic rings. The molecule has 0 bridgehead atoms. The summed E-state index contributed by atoms with van der Waals surface area (Å²) in [5.74, 6) is 0.157. The Bertz CT molecular complexity index is 259. The minimum absolute atomic E-state index is 0.222. The van der Waals surface area contributed by atoms with Crippen molar-refractivity contribution in [1.29, 1.82) is 0 Å². The van der Waals surface area contributed by atoms with E-state index in [1.54, 1.807) is 0 Å². The number of rotatable bonds is 6. The smallest absolute Gasteiger partial charge is 0.323 e. The summed E-state index contributed by atoms with van der Waals surface area (Å²) in [5.41, 5.74) is 8.09. The molecule has 0 aromatic heterocycles. The van der Waals surface area contributed by atoms with Gasteiger partial charge in [0.05, 0.1) is 7.11 Å². The van der Waals surface area contributed by atoms with Crippen molar-refractivity contribution in [2.45, 2.75) is 25.3 Å². The molecule has 6 nitrogen and oxygen atoms in total. The lowest BCUT2D eigenvalue weighted by molar-refractivity contribution is -0.145. The van der Waals surface area contributed by atoms with Gasteiger partial charge >= 0.3 is 5.97 Å². The summed E-state index contributed by atoms with van der Waals surface area (Å²) >= 11 is 0. The molecule has 0 saturated heterocycles. The van der Waals surface area contributed by atoms with Gasteiger partial charge in [0.1, 0.15) is 6.04 Å². The van der Waals surface area contributed by atoms with Crippen LogP contribution < -0.4 is 5.32 Å². The maximum Gasteiger partial charge on any atom is 0.323 e. The van der Waals surface area contributed by atoms with Crippen LogP contribution in [0.1, 0.15) is 19.3 Å². The Balaban J connectivity index is 2.34.